The van der Waals surface area contributed by atoms with Crippen LogP contribution >= 0.6 is 0 Å². The number of hydrogen-bond acceptors (Lipinski definition) is 6. The molecule has 0 fully saturated rings. The molecule has 8 nitrogen and oxygen atoms in total. The molecule has 1 aromatic carbocycles. The molecular formula is C17H17N5O3. The largest absolute Gasteiger partial charge is 0.355 e. The summed E-state index contributed by atoms with van der Waals surface area (Å²) in [5.74, 6) is 0.323. The van der Waals surface area contributed by atoms with E-state index in [0.29, 0.717) is 18.1 Å². The molecule has 0 unspecified atom stereocenters. The van der Waals surface area contributed by atoms with Gasteiger partial charge < -0.3 is 9.84 Å². The summed E-state index contributed by atoms with van der Waals surface area (Å²) < 4.78 is 6.32. The van der Waals surface area contributed by atoms with Crippen LogP contribution < -0.4 is 10.9 Å². The molecule has 1 amide bonds. The number of nitrogens with zero attached hydrogens (tertiary/aromatic N) is 4. The summed E-state index contributed by atoms with van der Waals surface area (Å²) in [7, 11) is 0. The highest BCUT2D eigenvalue weighted by molar-refractivity contribution is 5.75. The zero-order valence-electron chi connectivity index (χ0n) is 13.9. The standard InChI is InChI=1S/C17H17N5O3/c1-3-18-14(23)10-22-15(24)8-7-13(20-22)17-19-16(21-25-17)12-6-4-5-11(2)9-12/h4-9H,3,10H2,1-2H3,(H,18,23). The van der Waals surface area contributed by atoms with E-state index in [-0.39, 0.29) is 23.9 Å². The number of amides is 1. The Bertz CT molecular complexity index is 961. The number of benzene rings is 1. The smallest absolute Gasteiger partial charge is 0.278 e. The Morgan fingerprint density at radius 1 is 1.28 bits per heavy atom. The number of nitrogens with one attached hydrogen (secondary N) is 1. The van der Waals surface area contributed by atoms with Crippen LogP contribution in [0.4, 0.5) is 0 Å². The fraction of sp³-hybridized carbons (Fsp3) is 0.235. The van der Waals surface area contributed by atoms with Gasteiger partial charge in [0.05, 0.1) is 0 Å². The fourth-order valence-corrected chi connectivity index (χ4v) is 2.29. The lowest BCUT2D eigenvalue weighted by Gasteiger charge is -2.05. The predicted octanol–water partition coefficient (Wildman–Crippen LogP) is 1.40. The Kier molecular flexibility index (Phi) is 4.69. The topological polar surface area (TPSA) is 103 Å². The first-order chi connectivity index (χ1) is 12.1. The van der Waals surface area contributed by atoms with E-state index in [1.165, 1.54) is 12.1 Å². The monoisotopic (exact) mass is 339 g/mol. The minimum atomic E-state index is -0.381. The van der Waals surface area contributed by atoms with Crippen molar-refractivity contribution in [3.05, 3.63) is 52.3 Å². The molecular weight excluding hydrogens is 322 g/mol. The van der Waals surface area contributed by atoms with Gasteiger partial charge in [-0.1, -0.05) is 28.9 Å². The van der Waals surface area contributed by atoms with Crippen LogP contribution in [0.25, 0.3) is 23.0 Å². The second kappa shape index (κ2) is 7.08. The van der Waals surface area contributed by atoms with Gasteiger partial charge in [0.25, 0.3) is 11.4 Å². The second-order valence-corrected chi connectivity index (χ2v) is 5.46. The van der Waals surface area contributed by atoms with Crippen LogP contribution in [-0.2, 0) is 11.3 Å². The van der Waals surface area contributed by atoms with E-state index in [9.17, 15) is 9.59 Å². The van der Waals surface area contributed by atoms with Gasteiger partial charge in [-0.2, -0.15) is 10.1 Å². The minimum absolute atomic E-state index is 0.167. The van der Waals surface area contributed by atoms with Gasteiger partial charge in [-0.3, -0.25) is 9.59 Å². The van der Waals surface area contributed by atoms with Gasteiger partial charge in [-0.15, -0.1) is 0 Å². The van der Waals surface area contributed by atoms with E-state index in [4.69, 9.17) is 4.52 Å². The van der Waals surface area contributed by atoms with Crippen LogP contribution in [0.2, 0.25) is 0 Å². The van der Waals surface area contributed by atoms with Crippen LogP contribution in [0, 0.1) is 6.92 Å². The summed E-state index contributed by atoms with van der Waals surface area (Å²) in [4.78, 5) is 27.9. The van der Waals surface area contributed by atoms with Crippen LogP contribution in [0.5, 0.6) is 0 Å². The van der Waals surface area contributed by atoms with Crippen molar-refractivity contribution in [1.82, 2.24) is 25.2 Å². The van der Waals surface area contributed by atoms with Gasteiger partial charge >= 0.3 is 0 Å². The molecule has 2 heterocycles. The van der Waals surface area contributed by atoms with Crippen LogP contribution in [0.15, 0.2) is 45.7 Å². The van der Waals surface area contributed by atoms with E-state index < -0.39 is 0 Å². The molecule has 0 atom stereocenters. The van der Waals surface area contributed by atoms with Crippen molar-refractivity contribution < 1.29 is 9.32 Å². The molecule has 0 saturated heterocycles. The SMILES string of the molecule is CCNC(=O)Cn1nc(-c2nc(-c3cccc(C)c3)no2)ccc1=O. The minimum Gasteiger partial charge on any atom is -0.355 e. The van der Waals surface area contributed by atoms with E-state index >= 15 is 0 Å². The van der Waals surface area contributed by atoms with Crippen molar-refractivity contribution in [3.8, 4) is 23.0 Å². The Morgan fingerprint density at radius 2 is 2.12 bits per heavy atom. The number of rotatable bonds is 5. The number of likely N-dealkylation sites (N-methyl/N-ethyl adjacent to an activating group) is 1. The summed E-state index contributed by atoms with van der Waals surface area (Å²) in [6.07, 6.45) is 0. The van der Waals surface area contributed by atoms with Crippen molar-refractivity contribution in [2.45, 2.75) is 20.4 Å². The Hall–Kier alpha value is -3.29. The van der Waals surface area contributed by atoms with Crippen LogP contribution in [0.3, 0.4) is 0 Å². The van der Waals surface area contributed by atoms with Crippen molar-refractivity contribution in [2.24, 2.45) is 0 Å². The third-order valence-electron chi connectivity index (χ3n) is 3.46. The quantitative estimate of drug-likeness (QED) is 0.754. The van der Waals surface area contributed by atoms with Crippen LogP contribution in [0.1, 0.15) is 12.5 Å². The molecule has 0 radical (unpaired) electrons. The van der Waals surface area contributed by atoms with Crippen molar-refractivity contribution in [2.75, 3.05) is 6.54 Å². The summed E-state index contributed by atoms with van der Waals surface area (Å²) in [5, 5.41) is 10.7. The lowest BCUT2D eigenvalue weighted by Crippen LogP contribution is -2.33. The molecule has 0 aliphatic rings. The Balaban J connectivity index is 1.90. The first-order valence-corrected chi connectivity index (χ1v) is 7.83. The van der Waals surface area contributed by atoms with Gasteiger partial charge in [0.15, 0.2) is 0 Å². The maximum absolute atomic E-state index is 11.9. The average Bonchev–Trinajstić information content (AvgIpc) is 3.07. The summed E-state index contributed by atoms with van der Waals surface area (Å²) in [6, 6.07) is 10.5. The van der Waals surface area contributed by atoms with E-state index in [2.05, 4.69) is 20.6 Å². The zero-order valence-corrected chi connectivity index (χ0v) is 13.9. The molecule has 0 spiro atoms. The number of aromatic nitrogens is 4. The van der Waals surface area contributed by atoms with Gasteiger partial charge in [-0.05, 0) is 26.0 Å². The molecule has 0 aliphatic carbocycles. The molecule has 3 aromatic rings. The number of hydrogen-bond donors (Lipinski definition) is 1. The molecule has 0 saturated carbocycles. The van der Waals surface area contributed by atoms with Gasteiger partial charge in [0.2, 0.25) is 11.7 Å². The predicted molar refractivity (Wildman–Crippen MR) is 90.6 cm³/mol. The lowest BCUT2D eigenvalue weighted by atomic mass is 10.1. The molecule has 0 bridgehead atoms. The number of carbonyl (C=O) groups excluding carboxylic acids is 1. The fourth-order valence-electron chi connectivity index (χ4n) is 2.29. The van der Waals surface area contributed by atoms with Gasteiger partial charge in [0.1, 0.15) is 12.2 Å². The Labute approximate surface area is 143 Å². The first-order valence-electron chi connectivity index (χ1n) is 7.83. The Morgan fingerprint density at radius 3 is 2.88 bits per heavy atom. The maximum Gasteiger partial charge on any atom is 0.278 e. The molecule has 2 aromatic heterocycles. The highest BCUT2D eigenvalue weighted by Gasteiger charge is 2.14. The van der Waals surface area contributed by atoms with Crippen molar-refractivity contribution in [3.63, 3.8) is 0 Å². The average molecular weight is 339 g/mol. The van der Waals surface area contributed by atoms with E-state index in [0.717, 1.165) is 15.8 Å². The van der Waals surface area contributed by atoms with Gasteiger partial charge in [0, 0.05) is 18.2 Å². The molecule has 3 rings (SSSR count). The number of carbonyl (C=O) groups is 1. The summed E-state index contributed by atoms with van der Waals surface area (Å²) in [6.45, 7) is 4.09. The second-order valence-electron chi connectivity index (χ2n) is 5.46. The lowest BCUT2D eigenvalue weighted by molar-refractivity contribution is -0.121. The first kappa shape index (κ1) is 16.6. The van der Waals surface area contributed by atoms with E-state index in [1.54, 1.807) is 6.92 Å². The summed E-state index contributed by atoms with van der Waals surface area (Å²) >= 11 is 0. The third-order valence-corrected chi connectivity index (χ3v) is 3.46. The zero-order chi connectivity index (χ0) is 17.8. The third kappa shape index (κ3) is 3.79. The van der Waals surface area contributed by atoms with Crippen LogP contribution in [-0.4, -0.2) is 32.4 Å². The van der Waals surface area contributed by atoms with Crippen molar-refractivity contribution >= 4 is 5.91 Å². The van der Waals surface area contributed by atoms with Gasteiger partial charge in [-0.25, -0.2) is 4.68 Å². The summed E-state index contributed by atoms with van der Waals surface area (Å²) in [5.41, 5.74) is 1.85. The normalized spacial score (nSPS) is 10.6. The highest BCUT2D eigenvalue weighted by atomic mass is 16.5. The number of aryl methyl sites for hydroxylation is 1. The van der Waals surface area contributed by atoms with E-state index in [1.807, 2.05) is 31.2 Å². The molecule has 0 aliphatic heterocycles. The maximum atomic E-state index is 11.9. The molecule has 128 valence electrons. The molecule has 1 N–H and O–H groups in total. The molecule has 25 heavy (non-hydrogen) atoms. The highest BCUT2D eigenvalue weighted by Crippen LogP contribution is 2.20. The molecule has 8 heteroatoms. The van der Waals surface area contributed by atoms with Crippen molar-refractivity contribution in [1.29, 1.82) is 0 Å².